The summed E-state index contributed by atoms with van der Waals surface area (Å²) in [6.45, 7) is 4.14. The maximum absolute atomic E-state index is 12.4. The molecule has 4 atom stereocenters. The molecule has 4 rings (SSSR count). The highest BCUT2D eigenvalue weighted by Crippen LogP contribution is 2.59. The number of carbonyl (C=O) groups excluding carboxylic acids is 1. The van der Waals surface area contributed by atoms with E-state index >= 15 is 0 Å². The van der Waals surface area contributed by atoms with E-state index in [-0.39, 0.29) is 12.0 Å². The molecule has 0 unspecified atom stereocenters. The molecule has 0 amide bonds. The van der Waals surface area contributed by atoms with E-state index < -0.39 is 10.4 Å². The van der Waals surface area contributed by atoms with Crippen LogP contribution in [0.1, 0.15) is 69.4 Å². The second-order valence-corrected chi connectivity index (χ2v) is 9.73. The first-order valence-corrected chi connectivity index (χ1v) is 11.4. The molecule has 0 heterocycles. The number of fused-ring (bicyclic) bond motifs is 5. The first kappa shape index (κ1) is 18.9. The molecular formula is C21H28O5S. The molecule has 2 fully saturated rings. The zero-order valence-corrected chi connectivity index (χ0v) is 16.9. The summed E-state index contributed by atoms with van der Waals surface area (Å²) in [5.41, 5.74) is 2.37. The van der Waals surface area contributed by atoms with Crippen molar-refractivity contribution in [2.75, 3.05) is 6.61 Å². The molecule has 0 saturated heterocycles. The lowest BCUT2D eigenvalue weighted by molar-refractivity contribution is -0.129. The molecule has 148 valence electrons. The topological polar surface area (TPSA) is 69.7 Å². The average Bonchev–Trinajstić information content (AvgIpc) is 2.94. The fourth-order valence-electron chi connectivity index (χ4n) is 5.71. The number of benzene rings is 1. The van der Waals surface area contributed by atoms with Gasteiger partial charge in [0.05, 0.1) is 6.61 Å². The van der Waals surface area contributed by atoms with E-state index in [1.807, 2.05) is 19.1 Å². The molecule has 0 bridgehead atoms. The Morgan fingerprint density at radius 1 is 1.19 bits per heavy atom. The van der Waals surface area contributed by atoms with E-state index in [1.54, 1.807) is 6.07 Å². The van der Waals surface area contributed by atoms with Gasteiger partial charge in [-0.05, 0) is 79.5 Å². The maximum atomic E-state index is 12.4. The predicted molar refractivity (Wildman–Crippen MR) is 102 cm³/mol. The van der Waals surface area contributed by atoms with Crippen molar-refractivity contribution < 1.29 is 21.6 Å². The van der Waals surface area contributed by atoms with E-state index in [0.29, 0.717) is 35.7 Å². The van der Waals surface area contributed by atoms with Crippen LogP contribution >= 0.6 is 0 Å². The SMILES string of the molecule is CCCOS(=O)(=O)Oc1ccc2c(c1)CC[C@@H]1[C@@H]2CC[C@]2(C)C(=O)CC[C@@H]12. The third-order valence-electron chi connectivity index (χ3n) is 7.04. The summed E-state index contributed by atoms with van der Waals surface area (Å²) in [6.07, 6.45) is 6.35. The van der Waals surface area contributed by atoms with Gasteiger partial charge in [0.25, 0.3) is 0 Å². The lowest BCUT2D eigenvalue weighted by Gasteiger charge is -2.48. The largest absolute Gasteiger partial charge is 0.449 e. The quantitative estimate of drug-likeness (QED) is 0.752. The number of hydrogen-bond donors (Lipinski definition) is 0. The van der Waals surface area contributed by atoms with Crippen molar-refractivity contribution >= 4 is 16.2 Å². The third kappa shape index (κ3) is 3.31. The minimum atomic E-state index is -4.01. The summed E-state index contributed by atoms with van der Waals surface area (Å²) in [7, 11) is -4.01. The molecule has 0 N–H and O–H groups in total. The minimum Gasteiger partial charge on any atom is -0.362 e. The van der Waals surface area contributed by atoms with Gasteiger partial charge in [-0.2, -0.15) is 8.42 Å². The highest BCUT2D eigenvalue weighted by molar-refractivity contribution is 7.82. The first-order chi connectivity index (χ1) is 12.8. The number of Topliss-reactive ketones (excluding diaryl/α,β-unsaturated/α-hetero) is 1. The van der Waals surface area contributed by atoms with Crippen LogP contribution < -0.4 is 4.18 Å². The number of rotatable bonds is 5. The van der Waals surface area contributed by atoms with Crippen molar-refractivity contribution in [1.82, 2.24) is 0 Å². The Kier molecular flexibility index (Phi) is 4.83. The molecule has 0 spiro atoms. The van der Waals surface area contributed by atoms with E-state index in [4.69, 9.17) is 8.37 Å². The number of aryl methyl sites for hydroxylation is 1. The van der Waals surface area contributed by atoms with Crippen molar-refractivity contribution in [1.29, 1.82) is 0 Å². The van der Waals surface area contributed by atoms with Crippen LogP contribution in [0.2, 0.25) is 0 Å². The molecule has 3 aliphatic carbocycles. The summed E-state index contributed by atoms with van der Waals surface area (Å²) in [5, 5.41) is 0. The van der Waals surface area contributed by atoms with Crippen LogP contribution in [-0.4, -0.2) is 20.8 Å². The molecule has 1 aromatic carbocycles. The van der Waals surface area contributed by atoms with E-state index in [9.17, 15) is 13.2 Å². The Bertz CT molecular complexity index is 846. The molecule has 6 heteroatoms. The molecular weight excluding hydrogens is 364 g/mol. The van der Waals surface area contributed by atoms with Crippen LogP contribution in [0.4, 0.5) is 0 Å². The minimum absolute atomic E-state index is 0.119. The number of hydrogen-bond acceptors (Lipinski definition) is 5. The fraction of sp³-hybridized carbons (Fsp3) is 0.667. The summed E-state index contributed by atoms with van der Waals surface area (Å²) < 4.78 is 33.6. The highest BCUT2D eigenvalue weighted by Gasteiger charge is 2.54. The van der Waals surface area contributed by atoms with E-state index in [0.717, 1.165) is 38.5 Å². The Morgan fingerprint density at radius 2 is 2.00 bits per heavy atom. The van der Waals surface area contributed by atoms with Gasteiger partial charge in [-0.15, -0.1) is 0 Å². The Morgan fingerprint density at radius 3 is 2.78 bits per heavy atom. The number of ketones is 1. The highest BCUT2D eigenvalue weighted by atomic mass is 32.3. The Hall–Kier alpha value is -1.40. The lowest BCUT2D eigenvalue weighted by Crippen LogP contribution is -2.42. The predicted octanol–water partition coefficient (Wildman–Crippen LogP) is 4.16. The van der Waals surface area contributed by atoms with Crippen LogP contribution in [0.3, 0.4) is 0 Å². The van der Waals surface area contributed by atoms with Crippen LogP contribution in [-0.2, 0) is 25.8 Å². The maximum Gasteiger partial charge on any atom is 0.449 e. The number of carbonyl (C=O) groups is 1. The van der Waals surface area contributed by atoms with Gasteiger partial charge in [-0.25, -0.2) is 4.18 Å². The second-order valence-electron chi connectivity index (χ2n) is 8.51. The lowest BCUT2D eigenvalue weighted by atomic mass is 9.55. The van der Waals surface area contributed by atoms with Crippen LogP contribution in [0.15, 0.2) is 18.2 Å². The van der Waals surface area contributed by atoms with Crippen molar-refractivity contribution in [2.24, 2.45) is 17.3 Å². The summed E-state index contributed by atoms with van der Waals surface area (Å²) in [4.78, 5) is 12.4. The van der Waals surface area contributed by atoms with Crippen molar-refractivity contribution in [3.8, 4) is 5.75 Å². The van der Waals surface area contributed by atoms with Gasteiger partial charge < -0.3 is 4.18 Å². The molecule has 0 radical (unpaired) electrons. The van der Waals surface area contributed by atoms with Crippen LogP contribution in [0, 0.1) is 17.3 Å². The fourth-order valence-corrected chi connectivity index (χ4v) is 6.47. The zero-order chi connectivity index (χ0) is 19.2. The van der Waals surface area contributed by atoms with Crippen molar-refractivity contribution in [3.63, 3.8) is 0 Å². The molecule has 2 saturated carbocycles. The summed E-state index contributed by atoms with van der Waals surface area (Å²) in [5.74, 6) is 2.30. The van der Waals surface area contributed by atoms with Gasteiger partial charge in [-0.3, -0.25) is 4.79 Å². The van der Waals surface area contributed by atoms with Crippen molar-refractivity contribution in [2.45, 2.75) is 64.7 Å². The van der Waals surface area contributed by atoms with Gasteiger partial charge in [0.1, 0.15) is 11.5 Å². The molecule has 3 aliphatic rings. The molecule has 27 heavy (non-hydrogen) atoms. The average molecular weight is 393 g/mol. The van der Waals surface area contributed by atoms with Gasteiger partial charge >= 0.3 is 10.4 Å². The van der Waals surface area contributed by atoms with Gasteiger partial charge in [0, 0.05) is 11.8 Å². The first-order valence-electron chi connectivity index (χ1n) is 10.1. The third-order valence-corrected chi connectivity index (χ3v) is 7.89. The zero-order valence-electron chi connectivity index (χ0n) is 16.1. The molecule has 0 aromatic heterocycles. The second kappa shape index (κ2) is 6.89. The van der Waals surface area contributed by atoms with Crippen molar-refractivity contribution in [3.05, 3.63) is 29.3 Å². The Labute approximate surface area is 161 Å². The van der Waals surface area contributed by atoms with Gasteiger partial charge in [0.2, 0.25) is 0 Å². The van der Waals surface area contributed by atoms with E-state index in [1.165, 1.54) is 11.1 Å². The standard InChI is InChI=1S/C21H28O5S/c1-3-12-25-27(23,24)26-15-5-7-16-14(13-15)4-6-18-17(16)10-11-21(2)19(18)8-9-20(21)22/h5,7,13,17-19H,3-4,6,8-12H2,1-2H3/t17-,18-,19+,21+/m1/s1. The molecule has 1 aromatic rings. The smallest absolute Gasteiger partial charge is 0.362 e. The van der Waals surface area contributed by atoms with Gasteiger partial charge in [0.15, 0.2) is 0 Å². The van der Waals surface area contributed by atoms with Gasteiger partial charge in [-0.1, -0.05) is 19.9 Å². The van der Waals surface area contributed by atoms with Crippen LogP contribution in [0.25, 0.3) is 0 Å². The van der Waals surface area contributed by atoms with E-state index in [2.05, 4.69) is 6.92 Å². The monoisotopic (exact) mass is 392 g/mol. The molecule has 5 nitrogen and oxygen atoms in total. The normalized spacial score (nSPS) is 32.5. The molecule has 0 aliphatic heterocycles. The Balaban J connectivity index is 1.55. The summed E-state index contributed by atoms with van der Waals surface area (Å²) in [6, 6.07) is 5.62. The summed E-state index contributed by atoms with van der Waals surface area (Å²) >= 11 is 0. The van der Waals surface area contributed by atoms with Crippen LogP contribution in [0.5, 0.6) is 5.75 Å².